The van der Waals surface area contributed by atoms with Crippen LogP contribution in [0.1, 0.15) is 74.7 Å². The lowest BCUT2D eigenvalue weighted by atomic mass is 9.71. The molecule has 1 aliphatic carbocycles. The van der Waals surface area contributed by atoms with Gasteiger partial charge in [-0.2, -0.15) is 0 Å². The van der Waals surface area contributed by atoms with E-state index in [-0.39, 0.29) is 18.1 Å². The van der Waals surface area contributed by atoms with Crippen LogP contribution in [0.2, 0.25) is 0 Å². The Labute approximate surface area is 172 Å². The number of halogens is 1. The molecule has 2 aromatic rings. The Kier molecular flexibility index (Phi) is 7.24. The van der Waals surface area contributed by atoms with Crippen molar-refractivity contribution < 1.29 is 18.7 Å². The third-order valence-electron chi connectivity index (χ3n) is 5.84. The Bertz CT molecular complexity index is 821. The van der Waals surface area contributed by atoms with Crippen LogP contribution < -0.4 is 4.74 Å². The summed E-state index contributed by atoms with van der Waals surface area (Å²) in [6, 6.07) is 8.98. The van der Waals surface area contributed by atoms with Gasteiger partial charge in [-0.1, -0.05) is 45.2 Å². The molecule has 156 valence electrons. The van der Waals surface area contributed by atoms with Crippen molar-refractivity contribution >= 4 is 5.97 Å². The van der Waals surface area contributed by atoms with Gasteiger partial charge >= 0.3 is 5.97 Å². The molecule has 1 aromatic heterocycles. The van der Waals surface area contributed by atoms with E-state index in [1.807, 2.05) is 12.1 Å². The van der Waals surface area contributed by atoms with E-state index >= 15 is 0 Å². The number of nitrogens with zero attached hydrogens (tertiary/aromatic N) is 1. The van der Waals surface area contributed by atoms with Crippen LogP contribution in [0.4, 0.5) is 4.39 Å². The third-order valence-corrected chi connectivity index (χ3v) is 5.84. The Morgan fingerprint density at radius 1 is 1.21 bits per heavy atom. The van der Waals surface area contributed by atoms with Crippen LogP contribution in [0, 0.1) is 17.7 Å². The van der Waals surface area contributed by atoms with Gasteiger partial charge in [0.2, 0.25) is 0 Å². The lowest BCUT2D eigenvalue weighted by molar-refractivity contribution is 0.0525. The van der Waals surface area contributed by atoms with Crippen molar-refractivity contribution in [3.05, 3.63) is 53.5 Å². The van der Waals surface area contributed by atoms with E-state index in [1.165, 1.54) is 43.9 Å². The van der Waals surface area contributed by atoms with Gasteiger partial charge in [0.05, 0.1) is 12.2 Å². The molecule has 0 N–H and O–H groups in total. The minimum Gasteiger partial charge on any atom is -0.462 e. The van der Waals surface area contributed by atoms with Gasteiger partial charge in [0, 0.05) is 6.20 Å². The van der Waals surface area contributed by atoms with Crippen LogP contribution in [0.25, 0.3) is 0 Å². The maximum absolute atomic E-state index is 14.3. The van der Waals surface area contributed by atoms with Crippen LogP contribution >= 0.6 is 0 Å². The molecular formula is C24H30FNO3. The van der Waals surface area contributed by atoms with Gasteiger partial charge in [-0.15, -0.1) is 0 Å². The van der Waals surface area contributed by atoms with Gasteiger partial charge in [-0.05, 0) is 61.3 Å². The number of hydrogen-bond acceptors (Lipinski definition) is 4. The Balaban J connectivity index is 1.68. The van der Waals surface area contributed by atoms with Crippen molar-refractivity contribution in [3.8, 4) is 11.6 Å². The molecule has 1 aromatic carbocycles. The number of aromatic nitrogens is 1. The fraction of sp³-hybridized carbons (Fsp3) is 0.500. The average Bonchev–Trinajstić information content (AvgIpc) is 2.72. The summed E-state index contributed by atoms with van der Waals surface area (Å²) >= 11 is 0. The van der Waals surface area contributed by atoms with Crippen LogP contribution in [0.3, 0.4) is 0 Å². The summed E-state index contributed by atoms with van der Waals surface area (Å²) in [5.41, 5.74) is 1.39. The van der Waals surface area contributed by atoms with Gasteiger partial charge in [-0.25, -0.2) is 14.2 Å². The third kappa shape index (κ3) is 5.34. The highest BCUT2D eigenvalue weighted by Gasteiger charge is 2.28. The zero-order chi connectivity index (χ0) is 20.8. The summed E-state index contributed by atoms with van der Waals surface area (Å²) in [5.74, 6) is 1.13. The van der Waals surface area contributed by atoms with E-state index < -0.39 is 11.8 Å². The number of hydrogen-bond donors (Lipinski definition) is 0. The molecule has 1 heterocycles. The molecule has 4 nitrogen and oxygen atoms in total. The number of benzene rings is 1. The molecule has 0 spiro atoms. The summed E-state index contributed by atoms with van der Waals surface area (Å²) < 4.78 is 24.7. The topological polar surface area (TPSA) is 48.4 Å². The van der Waals surface area contributed by atoms with Crippen molar-refractivity contribution in [2.24, 2.45) is 11.8 Å². The first-order valence-electron chi connectivity index (χ1n) is 10.6. The Hall–Kier alpha value is -2.43. The zero-order valence-corrected chi connectivity index (χ0v) is 17.5. The molecule has 1 fully saturated rings. The first-order chi connectivity index (χ1) is 14.0. The maximum atomic E-state index is 14.3. The van der Waals surface area contributed by atoms with Crippen molar-refractivity contribution in [2.75, 3.05) is 6.61 Å². The number of esters is 1. The summed E-state index contributed by atoms with van der Waals surface area (Å²) in [7, 11) is 0. The van der Waals surface area contributed by atoms with E-state index in [9.17, 15) is 9.18 Å². The lowest BCUT2D eigenvalue weighted by Gasteiger charge is -2.34. The van der Waals surface area contributed by atoms with E-state index in [1.54, 1.807) is 6.92 Å². The lowest BCUT2D eigenvalue weighted by Crippen LogP contribution is -2.21. The first kappa shape index (κ1) is 21.3. The predicted octanol–water partition coefficient (Wildman–Crippen LogP) is 6.51. The van der Waals surface area contributed by atoms with E-state index in [4.69, 9.17) is 9.47 Å². The number of rotatable bonds is 7. The minimum absolute atomic E-state index is 0.0694. The minimum atomic E-state index is -0.692. The van der Waals surface area contributed by atoms with E-state index in [0.717, 1.165) is 12.0 Å². The SMILES string of the molecule is CCCC1CCC(C)C(c2ccc(Oc3ncc(C(=O)OCC)cc3F)cc2)C1. The predicted molar refractivity (Wildman–Crippen MR) is 111 cm³/mol. The van der Waals surface area contributed by atoms with Gasteiger partial charge < -0.3 is 9.47 Å². The molecule has 0 radical (unpaired) electrons. The number of pyridine rings is 1. The average molecular weight is 400 g/mol. The standard InChI is InChI=1S/C24H30FNO3/c1-4-6-17-8-7-16(3)21(13-17)18-9-11-20(12-10-18)29-23-22(25)14-19(15-26-23)24(27)28-5-2/h9-12,14-17,21H,4-8,13H2,1-3H3. The second-order valence-electron chi connectivity index (χ2n) is 7.95. The van der Waals surface area contributed by atoms with E-state index in [2.05, 4.69) is 31.0 Å². The highest BCUT2D eigenvalue weighted by molar-refractivity contribution is 5.89. The zero-order valence-electron chi connectivity index (χ0n) is 17.5. The molecule has 5 heteroatoms. The van der Waals surface area contributed by atoms with Crippen molar-refractivity contribution in [1.29, 1.82) is 0 Å². The molecule has 1 saturated carbocycles. The van der Waals surface area contributed by atoms with Gasteiger partial charge in [0.15, 0.2) is 5.82 Å². The normalized spacial score (nSPS) is 21.6. The molecular weight excluding hydrogens is 369 g/mol. The Morgan fingerprint density at radius 3 is 2.62 bits per heavy atom. The maximum Gasteiger partial charge on any atom is 0.339 e. The van der Waals surface area contributed by atoms with Crippen LogP contribution in [0.15, 0.2) is 36.5 Å². The molecule has 3 unspecified atom stereocenters. The second kappa shape index (κ2) is 9.86. The summed E-state index contributed by atoms with van der Waals surface area (Å²) in [6.07, 6.45) is 7.65. The van der Waals surface area contributed by atoms with Crippen LogP contribution in [0.5, 0.6) is 11.6 Å². The summed E-state index contributed by atoms with van der Waals surface area (Å²) in [4.78, 5) is 15.6. The molecule has 0 saturated heterocycles. The largest absolute Gasteiger partial charge is 0.462 e. The summed E-state index contributed by atoms with van der Waals surface area (Å²) in [6.45, 7) is 6.51. The molecule has 0 bridgehead atoms. The molecule has 3 rings (SSSR count). The van der Waals surface area contributed by atoms with Crippen molar-refractivity contribution in [1.82, 2.24) is 4.98 Å². The van der Waals surface area contributed by atoms with Crippen LogP contribution in [-0.4, -0.2) is 17.6 Å². The van der Waals surface area contributed by atoms with Gasteiger partial charge in [0.1, 0.15) is 5.75 Å². The first-order valence-corrected chi connectivity index (χ1v) is 10.6. The highest BCUT2D eigenvalue weighted by atomic mass is 19.1. The molecule has 0 amide bonds. The molecule has 3 atom stereocenters. The number of carbonyl (C=O) groups is 1. The number of ether oxygens (including phenoxy) is 2. The second-order valence-corrected chi connectivity index (χ2v) is 7.95. The van der Waals surface area contributed by atoms with Gasteiger partial charge in [-0.3, -0.25) is 0 Å². The fourth-order valence-electron chi connectivity index (χ4n) is 4.27. The molecule has 1 aliphatic rings. The van der Waals surface area contributed by atoms with E-state index in [0.29, 0.717) is 17.6 Å². The monoisotopic (exact) mass is 399 g/mol. The smallest absolute Gasteiger partial charge is 0.339 e. The van der Waals surface area contributed by atoms with Crippen molar-refractivity contribution in [3.63, 3.8) is 0 Å². The quantitative estimate of drug-likeness (QED) is 0.498. The summed E-state index contributed by atoms with van der Waals surface area (Å²) in [5, 5.41) is 0. The number of carbonyl (C=O) groups excluding carboxylic acids is 1. The molecule has 0 aliphatic heterocycles. The van der Waals surface area contributed by atoms with Gasteiger partial charge in [0.25, 0.3) is 5.88 Å². The Morgan fingerprint density at radius 2 is 1.97 bits per heavy atom. The van der Waals surface area contributed by atoms with Crippen LogP contribution in [-0.2, 0) is 4.74 Å². The fourth-order valence-corrected chi connectivity index (χ4v) is 4.27. The molecule has 29 heavy (non-hydrogen) atoms. The highest BCUT2D eigenvalue weighted by Crippen LogP contribution is 2.42. The van der Waals surface area contributed by atoms with Crippen molar-refractivity contribution in [2.45, 2.75) is 58.8 Å².